The second kappa shape index (κ2) is 8.52. The molecule has 0 bridgehead atoms. The number of carbonyl (C=O) groups is 1. The molecule has 3 heterocycles. The molecule has 0 fully saturated rings. The molecule has 1 aliphatic rings. The summed E-state index contributed by atoms with van der Waals surface area (Å²) in [6.07, 6.45) is 4.19. The minimum Gasteiger partial charge on any atom is -0.493 e. The minimum atomic E-state index is 0.0608. The highest BCUT2D eigenvalue weighted by Gasteiger charge is 2.23. The van der Waals surface area contributed by atoms with Crippen molar-refractivity contribution < 1.29 is 14.3 Å². The summed E-state index contributed by atoms with van der Waals surface area (Å²) in [6, 6.07) is 7.67. The van der Waals surface area contributed by atoms with Crippen LogP contribution < -0.4 is 9.47 Å². The Hall–Kier alpha value is -3.07. The van der Waals surface area contributed by atoms with E-state index in [-0.39, 0.29) is 11.7 Å². The van der Waals surface area contributed by atoms with Gasteiger partial charge in [0, 0.05) is 31.0 Å². The van der Waals surface area contributed by atoms with E-state index in [0.717, 1.165) is 23.3 Å². The van der Waals surface area contributed by atoms with Crippen LogP contribution in [0.3, 0.4) is 0 Å². The van der Waals surface area contributed by atoms with Gasteiger partial charge in [0.2, 0.25) is 11.1 Å². The van der Waals surface area contributed by atoms with Crippen LogP contribution in [0.2, 0.25) is 0 Å². The zero-order valence-corrected chi connectivity index (χ0v) is 17.0. The SMILES string of the molecule is COc1cc2c(cc1OC)CN(C(=O)CSc1n[nH]c(-c3ccncc3)n1)CC2. The lowest BCUT2D eigenvalue weighted by molar-refractivity contribution is -0.129. The molecule has 1 aromatic carbocycles. The number of benzene rings is 1. The van der Waals surface area contributed by atoms with Gasteiger partial charge >= 0.3 is 0 Å². The van der Waals surface area contributed by atoms with Gasteiger partial charge in [-0.3, -0.25) is 14.9 Å². The van der Waals surface area contributed by atoms with Crippen LogP contribution in [0.4, 0.5) is 0 Å². The van der Waals surface area contributed by atoms with Crippen molar-refractivity contribution in [2.45, 2.75) is 18.1 Å². The van der Waals surface area contributed by atoms with Crippen LogP contribution in [0.15, 0.2) is 41.8 Å². The van der Waals surface area contributed by atoms with E-state index in [4.69, 9.17) is 9.47 Å². The number of fused-ring (bicyclic) bond motifs is 1. The standard InChI is InChI=1S/C20H21N5O3S/c1-27-16-9-14-5-8-25(11-15(14)10-17(16)28-2)18(26)12-29-20-22-19(23-24-20)13-3-6-21-7-4-13/h3-4,6-7,9-10H,5,8,11-12H2,1-2H3,(H,22,23,24). The monoisotopic (exact) mass is 411 g/mol. The molecule has 29 heavy (non-hydrogen) atoms. The Kier molecular flexibility index (Phi) is 5.66. The van der Waals surface area contributed by atoms with Gasteiger partial charge in [0.1, 0.15) is 0 Å². The number of H-pyrrole nitrogens is 1. The third-order valence-corrected chi connectivity index (χ3v) is 5.65. The number of rotatable bonds is 6. The topological polar surface area (TPSA) is 93.2 Å². The average Bonchev–Trinajstić information content (AvgIpc) is 3.25. The lowest BCUT2D eigenvalue weighted by atomic mass is 9.99. The van der Waals surface area contributed by atoms with E-state index >= 15 is 0 Å². The summed E-state index contributed by atoms with van der Waals surface area (Å²) < 4.78 is 10.8. The Morgan fingerprint density at radius 1 is 1.17 bits per heavy atom. The Labute approximate surface area is 172 Å². The van der Waals surface area contributed by atoms with Crippen molar-refractivity contribution in [3.05, 3.63) is 47.8 Å². The molecule has 150 valence electrons. The highest BCUT2D eigenvalue weighted by Crippen LogP contribution is 2.33. The molecular weight excluding hydrogens is 390 g/mol. The molecule has 2 aromatic heterocycles. The van der Waals surface area contributed by atoms with E-state index in [1.165, 1.54) is 17.3 Å². The molecule has 0 radical (unpaired) electrons. The highest BCUT2D eigenvalue weighted by atomic mass is 32.2. The predicted molar refractivity (Wildman–Crippen MR) is 109 cm³/mol. The largest absolute Gasteiger partial charge is 0.493 e. The van der Waals surface area contributed by atoms with Gasteiger partial charge in [0.05, 0.1) is 20.0 Å². The van der Waals surface area contributed by atoms with E-state index in [0.29, 0.717) is 29.8 Å². The maximum Gasteiger partial charge on any atom is 0.233 e. The lowest BCUT2D eigenvalue weighted by Crippen LogP contribution is -2.37. The molecule has 0 saturated carbocycles. The first-order chi connectivity index (χ1) is 14.2. The first kappa shape index (κ1) is 19.3. The van der Waals surface area contributed by atoms with Crippen molar-refractivity contribution in [3.8, 4) is 22.9 Å². The summed E-state index contributed by atoms with van der Waals surface area (Å²) in [5.41, 5.74) is 3.18. The number of aromatic nitrogens is 4. The van der Waals surface area contributed by atoms with Gasteiger partial charge in [-0.05, 0) is 41.8 Å². The summed E-state index contributed by atoms with van der Waals surface area (Å²) >= 11 is 1.33. The van der Waals surface area contributed by atoms with Crippen LogP contribution in [0.25, 0.3) is 11.4 Å². The molecule has 9 heteroatoms. The summed E-state index contributed by atoms with van der Waals surface area (Å²) in [4.78, 5) is 23.0. The zero-order chi connectivity index (χ0) is 20.2. The van der Waals surface area contributed by atoms with Crippen LogP contribution in [-0.4, -0.2) is 57.5 Å². The Bertz CT molecular complexity index is 1010. The van der Waals surface area contributed by atoms with Crippen molar-refractivity contribution in [1.82, 2.24) is 25.1 Å². The Morgan fingerprint density at radius 2 is 1.90 bits per heavy atom. The summed E-state index contributed by atoms with van der Waals surface area (Å²) in [6.45, 7) is 1.24. The van der Waals surface area contributed by atoms with Crippen molar-refractivity contribution in [3.63, 3.8) is 0 Å². The van der Waals surface area contributed by atoms with E-state index in [9.17, 15) is 4.79 Å². The van der Waals surface area contributed by atoms with Gasteiger partial charge in [0.25, 0.3) is 0 Å². The molecule has 8 nitrogen and oxygen atoms in total. The van der Waals surface area contributed by atoms with Crippen molar-refractivity contribution in [1.29, 1.82) is 0 Å². The molecule has 4 rings (SSSR count). The van der Waals surface area contributed by atoms with E-state index in [1.807, 2.05) is 29.2 Å². The number of thioether (sulfide) groups is 1. The molecule has 1 aliphatic heterocycles. The molecule has 0 atom stereocenters. The predicted octanol–water partition coefficient (Wildman–Crippen LogP) is 2.56. The van der Waals surface area contributed by atoms with Gasteiger partial charge in [-0.2, -0.15) is 0 Å². The number of ether oxygens (including phenoxy) is 2. The smallest absolute Gasteiger partial charge is 0.233 e. The highest BCUT2D eigenvalue weighted by molar-refractivity contribution is 7.99. The quantitative estimate of drug-likeness (QED) is 0.623. The van der Waals surface area contributed by atoms with Crippen LogP contribution in [0.1, 0.15) is 11.1 Å². The third kappa shape index (κ3) is 4.19. The maximum absolute atomic E-state index is 12.7. The van der Waals surface area contributed by atoms with Crippen molar-refractivity contribution in [2.24, 2.45) is 0 Å². The van der Waals surface area contributed by atoms with E-state index in [1.54, 1.807) is 26.6 Å². The lowest BCUT2D eigenvalue weighted by Gasteiger charge is -2.29. The Morgan fingerprint density at radius 3 is 2.62 bits per heavy atom. The fourth-order valence-corrected chi connectivity index (χ4v) is 3.96. The van der Waals surface area contributed by atoms with E-state index in [2.05, 4.69) is 20.2 Å². The number of aromatic amines is 1. The first-order valence-corrected chi connectivity index (χ1v) is 10.1. The molecule has 1 amide bonds. The molecule has 0 unspecified atom stereocenters. The third-order valence-electron chi connectivity index (χ3n) is 4.81. The first-order valence-electron chi connectivity index (χ1n) is 9.15. The molecular formula is C20H21N5O3S. The van der Waals surface area contributed by atoms with Crippen molar-refractivity contribution >= 4 is 17.7 Å². The molecule has 1 N–H and O–H groups in total. The average molecular weight is 411 g/mol. The maximum atomic E-state index is 12.7. The number of hydrogen-bond donors (Lipinski definition) is 1. The fourth-order valence-electron chi connectivity index (χ4n) is 3.26. The molecule has 0 spiro atoms. The van der Waals surface area contributed by atoms with Gasteiger partial charge in [-0.1, -0.05) is 11.8 Å². The van der Waals surface area contributed by atoms with Crippen molar-refractivity contribution in [2.75, 3.05) is 26.5 Å². The molecule has 3 aromatic rings. The van der Waals surface area contributed by atoms with Crippen LogP contribution in [-0.2, 0) is 17.8 Å². The number of pyridine rings is 1. The number of carbonyl (C=O) groups excluding carboxylic acids is 1. The minimum absolute atomic E-state index is 0.0608. The molecule has 0 saturated heterocycles. The second-order valence-corrected chi connectivity index (χ2v) is 7.47. The van der Waals surface area contributed by atoms with Gasteiger partial charge in [-0.25, -0.2) is 4.98 Å². The Balaban J connectivity index is 1.38. The fraction of sp³-hybridized carbons (Fsp3) is 0.300. The zero-order valence-electron chi connectivity index (χ0n) is 16.2. The van der Waals surface area contributed by atoms with E-state index < -0.39 is 0 Å². The number of hydrogen-bond acceptors (Lipinski definition) is 7. The van der Waals surface area contributed by atoms with Crippen LogP contribution >= 0.6 is 11.8 Å². The van der Waals surface area contributed by atoms with Gasteiger partial charge in [0.15, 0.2) is 17.3 Å². The number of amides is 1. The molecule has 0 aliphatic carbocycles. The normalized spacial score (nSPS) is 13.1. The van der Waals surface area contributed by atoms with Gasteiger partial charge in [-0.15, -0.1) is 5.10 Å². The van der Waals surface area contributed by atoms with Crippen LogP contribution in [0, 0.1) is 0 Å². The van der Waals surface area contributed by atoms with Crippen LogP contribution in [0.5, 0.6) is 11.5 Å². The number of methoxy groups -OCH3 is 2. The summed E-state index contributed by atoms with van der Waals surface area (Å²) in [5, 5.41) is 7.64. The summed E-state index contributed by atoms with van der Waals surface area (Å²) in [7, 11) is 3.24. The summed E-state index contributed by atoms with van der Waals surface area (Å²) in [5.74, 6) is 2.41. The number of nitrogens with zero attached hydrogens (tertiary/aromatic N) is 4. The second-order valence-electron chi connectivity index (χ2n) is 6.53. The van der Waals surface area contributed by atoms with Gasteiger partial charge < -0.3 is 14.4 Å². The number of nitrogens with one attached hydrogen (secondary N) is 1.